The van der Waals surface area contributed by atoms with Crippen molar-refractivity contribution in [2.75, 3.05) is 6.26 Å². The van der Waals surface area contributed by atoms with Gasteiger partial charge in [0.05, 0.1) is 6.20 Å². The van der Waals surface area contributed by atoms with Gasteiger partial charge < -0.3 is 0 Å². The average Bonchev–Trinajstić information content (AvgIpc) is 1.88. The summed E-state index contributed by atoms with van der Waals surface area (Å²) in [5, 5.41) is 6.56. The quantitative estimate of drug-likeness (QED) is 0.540. The smallest absolute Gasteiger partial charge is 0.196 e. The number of hydrogen-bond donors (Lipinski definition) is 0. The third-order valence-corrected chi connectivity index (χ3v) is 1.79. The van der Waals surface area contributed by atoms with Crippen molar-refractivity contribution in [3.8, 4) is 0 Å². The maximum atomic E-state index is 10.7. The number of aromatic nitrogens is 3. The van der Waals surface area contributed by atoms with Crippen LogP contribution in [0, 0.1) is 0 Å². The van der Waals surface area contributed by atoms with Crippen LogP contribution in [-0.2, 0) is 9.84 Å². The van der Waals surface area contributed by atoms with E-state index >= 15 is 0 Å². The van der Waals surface area contributed by atoms with Crippen LogP contribution in [-0.4, -0.2) is 29.9 Å². The van der Waals surface area contributed by atoms with Gasteiger partial charge in [0.2, 0.25) is 0 Å². The maximum absolute atomic E-state index is 10.7. The van der Waals surface area contributed by atoms with Gasteiger partial charge in [-0.25, -0.2) is 13.4 Å². The Bertz CT molecular complexity index is 307. The number of rotatable bonds is 1. The van der Waals surface area contributed by atoms with Gasteiger partial charge in [-0.05, 0) is 0 Å². The second kappa shape index (κ2) is 2.30. The van der Waals surface area contributed by atoms with Crippen LogP contribution in [0.25, 0.3) is 0 Å². The van der Waals surface area contributed by atoms with E-state index in [9.17, 15) is 8.42 Å². The van der Waals surface area contributed by atoms with E-state index in [2.05, 4.69) is 15.2 Å². The molecule has 1 aromatic heterocycles. The first-order chi connectivity index (χ1) is 4.61. The molecule has 0 N–H and O–H groups in total. The Morgan fingerprint density at radius 3 is 2.50 bits per heavy atom. The standard InChI is InChI=1S/C4H5N3O2S/c1-10(8,9)4-2-5-3-6-7-4/h2-3H,1H3. The van der Waals surface area contributed by atoms with E-state index in [0.717, 1.165) is 12.5 Å². The summed E-state index contributed by atoms with van der Waals surface area (Å²) in [5.74, 6) is 0. The molecule has 0 aliphatic heterocycles. The van der Waals surface area contributed by atoms with E-state index in [-0.39, 0.29) is 5.03 Å². The predicted molar refractivity (Wildman–Crippen MR) is 32.9 cm³/mol. The Kier molecular flexibility index (Phi) is 1.62. The van der Waals surface area contributed by atoms with Gasteiger partial charge in [0.15, 0.2) is 14.9 Å². The average molecular weight is 159 g/mol. The van der Waals surface area contributed by atoms with Crippen molar-refractivity contribution in [3.63, 3.8) is 0 Å². The van der Waals surface area contributed by atoms with Crippen molar-refractivity contribution in [1.29, 1.82) is 0 Å². The van der Waals surface area contributed by atoms with Crippen molar-refractivity contribution >= 4 is 9.84 Å². The van der Waals surface area contributed by atoms with Crippen LogP contribution in [0.1, 0.15) is 0 Å². The summed E-state index contributed by atoms with van der Waals surface area (Å²) in [7, 11) is -3.24. The fraction of sp³-hybridized carbons (Fsp3) is 0.250. The molecular weight excluding hydrogens is 154 g/mol. The second-order valence-corrected chi connectivity index (χ2v) is 3.68. The molecule has 0 amide bonds. The Balaban J connectivity index is 3.22. The first-order valence-electron chi connectivity index (χ1n) is 2.43. The zero-order valence-electron chi connectivity index (χ0n) is 5.22. The summed E-state index contributed by atoms with van der Waals surface area (Å²) in [6.07, 6.45) is 3.38. The Morgan fingerprint density at radius 1 is 1.50 bits per heavy atom. The van der Waals surface area contributed by atoms with Crippen LogP contribution in [0.4, 0.5) is 0 Å². The number of hydrogen-bond acceptors (Lipinski definition) is 5. The highest BCUT2D eigenvalue weighted by Crippen LogP contribution is 1.97. The molecule has 1 heterocycles. The van der Waals surface area contributed by atoms with Gasteiger partial charge in [-0.15, -0.1) is 10.2 Å². The first-order valence-corrected chi connectivity index (χ1v) is 4.32. The highest BCUT2D eigenvalue weighted by Gasteiger charge is 2.07. The van der Waals surface area contributed by atoms with Gasteiger partial charge >= 0.3 is 0 Å². The lowest BCUT2D eigenvalue weighted by molar-refractivity contribution is 0.594. The first kappa shape index (κ1) is 7.07. The van der Waals surface area contributed by atoms with Crippen LogP contribution in [0.5, 0.6) is 0 Å². The van der Waals surface area contributed by atoms with E-state index < -0.39 is 9.84 Å². The molecule has 0 atom stereocenters. The topological polar surface area (TPSA) is 72.8 Å². The van der Waals surface area contributed by atoms with Crippen molar-refractivity contribution in [2.24, 2.45) is 0 Å². The van der Waals surface area contributed by atoms with Gasteiger partial charge in [-0.3, -0.25) is 0 Å². The summed E-state index contributed by atoms with van der Waals surface area (Å²) in [6.45, 7) is 0. The molecule has 5 nitrogen and oxygen atoms in total. The van der Waals surface area contributed by atoms with Crippen LogP contribution in [0.2, 0.25) is 0 Å². The van der Waals surface area contributed by atoms with Crippen LogP contribution >= 0.6 is 0 Å². The Morgan fingerprint density at radius 2 is 2.20 bits per heavy atom. The van der Waals surface area contributed by atoms with E-state index in [1.807, 2.05) is 0 Å². The van der Waals surface area contributed by atoms with Gasteiger partial charge in [0.1, 0.15) is 6.33 Å². The minimum Gasteiger partial charge on any atom is -0.240 e. The van der Waals surface area contributed by atoms with Crippen molar-refractivity contribution in [2.45, 2.75) is 5.03 Å². The predicted octanol–water partition coefficient (Wildman–Crippen LogP) is -0.725. The van der Waals surface area contributed by atoms with Crippen molar-refractivity contribution in [3.05, 3.63) is 12.5 Å². The number of nitrogens with zero attached hydrogens (tertiary/aromatic N) is 3. The van der Waals surface area contributed by atoms with E-state index in [0.29, 0.717) is 0 Å². The molecule has 10 heavy (non-hydrogen) atoms. The molecule has 0 unspecified atom stereocenters. The molecule has 1 rings (SSSR count). The van der Waals surface area contributed by atoms with Gasteiger partial charge in [-0.2, -0.15) is 0 Å². The lowest BCUT2D eigenvalue weighted by Gasteiger charge is -1.90. The van der Waals surface area contributed by atoms with Gasteiger partial charge in [0.25, 0.3) is 0 Å². The lowest BCUT2D eigenvalue weighted by Crippen LogP contribution is -2.01. The maximum Gasteiger partial charge on any atom is 0.196 e. The molecule has 0 aliphatic rings. The Hall–Kier alpha value is -1.04. The molecule has 0 aromatic carbocycles. The monoisotopic (exact) mass is 159 g/mol. The summed E-state index contributed by atoms with van der Waals surface area (Å²) >= 11 is 0. The summed E-state index contributed by atoms with van der Waals surface area (Å²) in [6, 6.07) is 0. The molecule has 0 radical (unpaired) electrons. The van der Waals surface area contributed by atoms with Gasteiger partial charge in [0, 0.05) is 6.26 Å². The molecule has 54 valence electrons. The zero-order chi connectivity index (χ0) is 7.61. The molecule has 6 heteroatoms. The van der Waals surface area contributed by atoms with E-state index in [4.69, 9.17) is 0 Å². The molecule has 0 saturated carbocycles. The Labute approximate surface area is 58.0 Å². The second-order valence-electron chi connectivity index (χ2n) is 1.72. The van der Waals surface area contributed by atoms with Crippen molar-refractivity contribution < 1.29 is 8.42 Å². The van der Waals surface area contributed by atoms with Gasteiger partial charge in [-0.1, -0.05) is 0 Å². The third kappa shape index (κ3) is 1.47. The van der Waals surface area contributed by atoms with Crippen LogP contribution < -0.4 is 0 Å². The normalized spacial score (nSPS) is 11.3. The summed E-state index contributed by atoms with van der Waals surface area (Å²) in [5.41, 5.74) is 0. The molecule has 0 spiro atoms. The van der Waals surface area contributed by atoms with Crippen LogP contribution in [0.3, 0.4) is 0 Å². The van der Waals surface area contributed by atoms with E-state index in [1.165, 1.54) is 6.33 Å². The molecule has 1 aromatic rings. The fourth-order valence-electron chi connectivity index (χ4n) is 0.405. The SMILES string of the molecule is CS(=O)(=O)c1cncnn1. The minimum absolute atomic E-state index is 0.102. The lowest BCUT2D eigenvalue weighted by atomic mass is 10.9. The highest BCUT2D eigenvalue weighted by atomic mass is 32.2. The van der Waals surface area contributed by atoms with Crippen LogP contribution in [0.15, 0.2) is 17.6 Å². The third-order valence-electron chi connectivity index (χ3n) is 0.839. The summed E-state index contributed by atoms with van der Waals surface area (Å²) < 4.78 is 21.4. The fourth-order valence-corrected chi connectivity index (χ4v) is 0.853. The molecular formula is C4H5N3O2S. The molecule has 0 fully saturated rings. The molecule has 0 bridgehead atoms. The molecule has 0 aliphatic carbocycles. The minimum atomic E-state index is -3.24. The summed E-state index contributed by atoms with van der Waals surface area (Å²) in [4.78, 5) is 3.50. The molecule has 0 saturated heterocycles. The largest absolute Gasteiger partial charge is 0.240 e. The van der Waals surface area contributed by atoms with E-state index in [1.54, 1.807) is 0 Å². The highest BCUT2D eigenvalue weighted by molar-refractivity contribution is 7.90. The zero-order valence-corrected chi connectivity index (χ0v) is 6.04. The van der Waals surface area contributed by atoms with Crippen molar-refractivity contribution in [1.82, 2.24) is 15.2 Å². The number of sulfone groups is 1.